The number of rotatable bonds is 7. The highest BCUT2D eigenvalue weighted by atomic mass is 35.5. The van der Waals surface area contributed by atoms with Crippen molar-refractivity contribution in [2.45, 2.75) is 36.9 Å². The molecule has 1 aromatic rings. The van der Waals surface area contributed by atoms with Crippen molar-refractivity contribution in [2.75, 3.05) is 6.61 Å². The minimum atomic E-state index is -3.09. The monoisotopic (exact) mass is 310 g/mol. The van der Waals surface area contributed by atoms with Crippen LogP contribution < -0.4 is 4.72 Å². The van der Waals surface area contributed by atoms with Crippen molar-refractivity contribution in [3.05, 3.63) is 16.5 Å². The van der Waals surface area contributed by atoms with Gasteiger partial charge in [-0.25, -0.2) is 13.7 Å². The highest BCUT2D eigenvalue weighted by Gasteiger charge is 2.23. The highest BCUT2D eigenvalue weighted by molar-refractivity contribution is 7.92. The summed E-state index contributed by atoms with van der Waals surface area (Å²) < 4.78 is 23.9. The minimum Gasteiger partial charge on any atom is -0.395 e. The van der Waals surface area contributed by atoms with Gasteiger partial charge in [0.05, 0.1) is 10.9 Å². The molecule has 1 aromatic heterocycles. The third-order valence-electron chi connectivity index (χ3n) is 2.96. The van der Waals surface area contributed by atoms with Crippen molar-refractivity contribution in [3.63, 3.8) is 0 Å². The van der Waals surface area contributed by atoms with Crippen molar-refractivity contribution in [3.8, 4) is 0 Å². The normalized spacial score (nSPS) is 16.7. The van der Waals surface area contributed by atoms with E-state index in [1.165, 1.54) is 0 Å². The molecule has 0 radical (unpaired) electrons. The quantitative estimate of drug-likeness (QED) is 0.724. The molecule has 3 N–H and O–H groups in total. The molecule has 7 heteroatoms. The molecule has 0 aliphatic heterocycles. The van der Waals surface area contributed by atoms with Crippen LogP contribution in [-0.2, 0) is 9.92 Å². The predicted octanol–water partition coefficient (Wildman–Crippen LogP) is 3.11. The number of aliphatic hydroxyl groups excluding tert-OH is 1. The van der Waals surface area contributed by atoms with Crippen molar-refractivity contribution >= 4 is 32.9 Å². The van der Waals surface area contributed by atoms with Crippen LogP contribution in [0.15, 0.2) is 16.3 Å². The Morgan fingerprint density at radius 3 is 2.50 bits per heavy atom. The van der Waals surface area contributed by atoms with E-state index in [4.69, 9.17) is 16.4 Å². The Bertz CT molecular complexity index is 469. The summed E-state index contributed by atoms with van der Waals surface area (Å²) in [5, 5.41) is 9.38. The second-order valence-electron chi connectivity index (χ2n) is 4.10. The summed E-state index contributed by atoms with van der Waals surface area (Å²) in [6.07, 6.45) is 1.74. The Kier molecular flexibility index (Phi) is 6.07. The predicted molar refractivity (Wildman–Crippen MR) is 76.5 cm³/mol. The van der Waals surface area contributed by atoms with Gasteiger partial charge in [-0.15, -0.1) is 11.3 Å². The van der Waals surface area contributed by atoms with Gasteiger partial charge in [0.1, 0.15) is 14.1 Å². The lowest BCUT2D eigenvalue weighted by atomic mass is 9.96. The zero-order valence-electron chi connectivity index (χ0n) is 10.5. The molecular formula is C11H19ClN2O2S2. The first kappa shape index (κ1) is 15.9. The van der Waals surface area contributed by atoms with Gasteiger partial charge in [-0.1, -0.05) is 38.3 Å². The topological polar surface area (TPSA) is 73.2 Å². The first-order valence-electron chi connectivity index (χ1n) is 5.86. The van der Waals surface area contributed by atoms with E-state index in [9.17, 15) is 9.32 Å². The maximum absolute atomic E-state index is 12.3. The molecule has 1 rings (SSSR count). The van der Waals surface area contributed by atoms with E-state index in [2.05, 4.69) is 4.72 Å². The fourth-order valence-electron chi connectivity index (χ4n) is 1.86. The largest absolute Gasteiger partial charge is 0.395 e. The molecule has 4 nitrogen and oxygen atoms in total. The van der Waals surface area contributed by atoms with E-state index in [1.54, 1.807) is 12.1 Å². The van der Waals surface area contributed by atoms with Crippen LogP contribution in [0.2, 0.25) is 4.34 Å². The van der Waals surface area contributed by atoms with Crippen LogP contribution in [0.25, 0.3) is 0 Å². The fraction of sp³-hybridized carbons (Fsp3) is 0.636. The number of nitrogens with one attached hydrogen (secondary N) is 2. The molecule has 2 atom stereocenters. The van der Waals surface area contributed by atoms with Gasteiger partial charge in [-0.3, -0.25) is 0 Å². The van der Waals surface area contributed by atoms with E-state index >= 15 is 0 Å². The maximum atomic E-state index is 12.3. The second-order valence-corrected chi connectivity index (χ2v) is 7.86. The van der Waals surface area contributed by atoms with Crippen LogP contribution in [0.4, 0.5) is 0 Å². The fourth-order valence-corrected chi connectivity index (χ4v) is 4.73. The molecule has 104 valence electrons. The van der Waals surface area contributed by atoms with Crippen molar-refractivity contribution in [2.24, 2.45) is 5.92 Å². The van der Waals surface area contributed by atoms with E-state index in [-0.39, 0.29) is 18.6 Å². The summed E-state index contributed by atoms with van der Waals surface area (Å²) >= 11 is 6.92. The Balaban J connectivity index is 2.87. The molecule has 18 heavy (non-hydrogen) atoms. The first-order valence-corrected chi connectivity index (χ1v) is 8.62. The average Bonchev–Trinajstić information content (AvgIpc) is 2.76. The van der Waals surface area contributed by atoms with Gasteiger partial charge < -0.3 is 5.11 Å². The van der Waals surface area contributed by atoms with Gasteiger partial charge >= 0.3 is 0 Å². The van der Waals surface area contributed by atoms with Crippen LogP contribution in [0, 0.1) is 10.7 Å². The molecule has 0 fully saturated rings. The van der Waals surface area contributed by atoms with Crippen LogP contribution in [0.3, 0.4) is 0 Å². The zero-order valence-corrected chi connectivity index (χ0v) is 12.9. The summed E-state index contributed by atoms with van der Waals surface area (Å²) in [6.45, 7) is 3.92. The van der Waals surface area contributed by atoms with Crippen LogP contribution in [0.5, 0.6) is 0 Å². The number of thiophene rings is 1. The number of hydrogen-bond donors (Lipinski definition) is 3. The molecule has 0 bridgehead atoms. The molecule has 0 saturated heterocycles. The van der Waals surface area contributed by atoms with E-state index < -0.39 is 9.92 Å². The molecule has 0 amide bonds. The summed E-state index contributed by atoms with van der Waals surface area (Å²) in [7, 11) is -3.09. The van der Waals surface area contributed by atoms with Crippen LogP contribution in [0.1, 0.15) is 26.7 Å². The smallest absolute Gasteiger partial charge is 0.144 e. The Labute approximate surface area is 117 Å². The molecule has 0 aromatic carbocycles. The standard InChI is InChI=1S/C11H19ClN2O2S2/c1-3-8(4-2)9(7-15)14-18(13,16)11-6-5-10(12)17-11/h5-6,8-9,15H,3-4,7H2,1-2H3,(H2,13,14,16)/t9-,18?/m0/s1. The number of halogens is 1. The summed E-state index contributed by atoms with van der Waals surface area (Å²) in [4.78, 5) is 0. The molecule has 0 aliphatic rings. The van der Waals surface area contributed by atoms with E-state index in [1.807, 2.05) is 13.8 Å². The molecule has 1 heterocycles. The highest BCUT2D eigenvalue weighted by Crippen LogP contribution is 2.26. The van der Waals surface area contributed by atoms with Gasteiger partial charge in [0.2, 0.25) is 0 Å². The SMILES string of the molecule is CCC(CC)[C@H](CO)NS(=N)(=O)c1ccc(Cl)s1. The first-order chi connectivity index (χ1) is 8.44. The third-order valence-corrected chi connectivity index (χ3v) is 6.28. The lowest BCUT2D eigenvalue weighted by Gasteiger charge is -2.25. The van der Waals surface area contributed by atoms with Gasteiger partial charge in [0.15, 0.2) is 0 Å². The van der Waals surface area contributed by atoms with Gasteiger partial charge in [0.25, 0.3) is 0 Å². The Hall–Kier alpha value is -0.140. The summed E-state index contributed by atoms with van der Waals surface area (Å²) in [6, 6.07) is 2.89. The van der Waals surface area contributed by atoms with Gasteiger partial charge in [-0.05, 0) is 18.1 Å². The van der Waals surface area contributed by atoms with Crippen molar-refractivity contribution in [1.29, 1.82) is 4.78 Å². The molecule has 0 spiro atoms. The number of aliphatic hydroxyl groups is 1. The average molecular weight is 311 g/mol. The second kappa shape index (κ2) is 6.86. The maximum Gasteiger partial charge on any atom is 0.144 e. The molecule has 1 unspecified atom stereocenters. The van der Waals surface area contributed by atoms with Gasteiger partial charge in [-0.2, -0.15) is 0 Å². The molecule has 0 saturated carbocycles. The third kappa shape index (κ3) is 3.93. The molecule has 0 aliphatic carbocycles. The Morgan fingerprint density at radius 2 is 2.11 bits per heavy atom. The lowest BCUT2D eigenvalue weighted by Crippen LogP contribution is -2.41. The van der Waals surface area contributed by atoms with Crippen molar-refractivity contribution in [1.82, 2.24) is 4.72 Å². The lowest BCUT2D eigenvalue weighted by molar-refractivity contribution is 0.210. The number of hydrogen-bond acceptors (Lipinski definition) is 4. The van der Waals surface area contributed by atoms with Gasteiger partial charge in [0, 0.05) is 6.04 Å². The van der Waals surface area contributed by atoms with Crippen molar-refractivity contribution < 1.29 is 9.32 Å². The van der Waals surface area contributed by atoms with E-state index in [0.29, 0.717) is 8.55 Å². The Morgan fingerprint density at radius 1 is 1.50 bits per heavy atom. The minimum absolute atomic E-state index is 0.124. The van der Waals surface area contributed by atoms with Crippen LogP contribution >= 0.6 is 22.9 Å². The summed E-state index contributed by atoms with van der Waals surface area (Å²) in [5.74, 6) is 0.205. The molecular weight excluding hydrogens is 292 g/mol. The van der Waals surface area contributed by atoms with Crippen LogP contribution in [-0.4, -0.2) is 22.0 Å². The van der Waals surface area contributed by atoms with E-state index in [0.717, 1.165) is 24.2 Å². The zero-order chi connectivity index (χ0) is 13.8. The summed E-state index contributed by atoms with van der Waals surface area (Å²) in [5.41, 5.74) is 0.